The number of aromatic nitrogens is 1. The summed E-state index contributed by atoms with van der Waals surface area (Å²) in [5.41, 5.74) is 3.07. The van der Waals surface area contributed by atoms with Gasteiger partial charge in [0.2, 0.25) is 5.43 Å². The first-order valence-corrected chi connectivity index (χ1v) is 9.48. The lowest BCUT2D eigenvalue weighted by atomic mass is 10.1. The minimum Gasteiger partial charge on any atom is -0.345 e. The zero-order valence-corrected chi connectivity index (χ0v) is 16.2. The van der Waals surface area contributed by atoms with E-state index in [1.807, 2.05) is 43.3 Å². The monoisotopic (exact) mass is 410 g/mol. The minimum atomic E-state index is -0.336. The molecule has 0 radical (unpaired) electrons. The van der Waals surface area contributed by atoms with Crippen LogP contribution in [0.4, 0.5) is 0 Å². The summed E-state index contributed by atoms with van der Waals surface area (Å²) in [6, 6.07) is 13.6. The number of carbonyl (C=O) groups is 1. The van der Waals surface area contributed by atoms with Gasteiger partial charge in [-0.15, -0.1) is 0 Å². The first-order chi connectivity index (χ1) is 12.5. The van der Waals surface area contributed by atoms with Gasteiger partial charge < -0.3 is 9.88 Å². The zero-order valence-electron chi connectivity index (χ0n) is 14.6. The lowest BCUT2D eigenvalue weighted by molar-refractivity contribution is 0.0938. The SMILES string of the molecule is C[C@H](NC(=O)c1cn2c3c(cc(Br)cc3c1=O)C[C@@H]2C)c1ccccc1. The normalized spacial score (nSPS) is 16.7. The molecule has 0 unspecified atom stereocenters. The molecule has 0 bridgehead atoms. The number of amides is 1. The second-order valence-electron chi connectivity index (χ2n) is 6.90. The van der Waals surface area contributed by atoms with Crippen LogP contribution in [0.25, 0.3) is 10.9 Å². The lowest BCUT2D eigenvalue weighted by Gasteiger charge is -2.16. The van der Waals surface area contributed by atoms with Gasteiger partial charge in [0.15, 0.2) is 0 Å². The van der Waals surface area contributed by atoms with Gasteiger partial charge in [-0.2, -0.15) is 0 Å². The Labute approximate surface area is 160 Å². The number of benzene rings is 2. The van der Waals surface area contributed by atoms with Crippen LogP contribution in [-0.2, 0) is 6.42 Å². The standard InChI is InChI=1S/C21H19BrN2O2/c1-12-8-15-9-16(22)10-17-19(15)24(12)11-18(20(17)25)21(26)23-13(2)14-6-4-3-5-7-14/h3-7,9-13H,8H2,1-2H3,(H,23,26)/t12-,13-/m0/s1. The molecule has 4 rings (SSSR count). The van der Waals surface area contributed by atoms with Gasteiger partial charge in [0, 0.05) is 22.1 Å². The smallest absolute Gasteiger partial charge is 0.257 e. The minimum absolute atomic E-state index is 0.173. The van der Waals surface area contributed by atoms with Crippen LogP contribution in [0.1, 0.15) is 47.4 Å². The molecular weight excluding hydrogens is 392 g/mol. The number of carbonyl (C=O) groups excluding carboxylic acids is 1. The average molecular weight is 411 g/mol. The predicted octanol–water partition coefficient (Wildman–Crippen LogP) is 4.37. The van der Waals surface area contributed by atoms with Crippen LogP contribution in [0.15, 0.2) is 57.9 Å². The summed E-state index contributed by atoms with van der Waals surface area (Å²) in [5, 5.41) is 3.55. The van der Waals surface area contributed by atoms with Crippen molar-refractivity contribution in [2.24, 2.45) is 0 Å². The highest BCUT2D eigenvalue weighted by Gasteiger charge is 2.25. The Morgan fingerprint density at radius 2 is 2.00 bits per heavy atom. The Bertz CT molecular complexity index is 1070. The van der Waals surface area contributed by atoms with Gasteiger partial charge in [-0.3, -0.25) is 9.59 Å². The highest BCUT2D eigenvalue weighted by atomic mass is 79.9. The third kappa shape index (κ3) is 2.76. The van der Waals surface area contributed by atoms with E-state index in [2.05, 4.69) is 38.8 Å². The van der Waals surface area contributed by atoms with E-state index in [-0.39, 0.29) is 29.0 Å². The van der Waals surface area contributed by atoms with Crippen molar-refractivity contribution in [2.75, 3.05) is 0 Å². The Balaban J connectivity index is 1.77. The third-order valence-electron chi connectivity index (χ3n) is 5.05. The molecule has 1 amide bonds. The van der Waals surface area contributed by atoms with E-state index >= 15 is 0 Å². The summed E-state index contributed by atoms with van der Waals surface area (Å²) in [5.74, 6) is -0.336. The van der Waals surface area contributed by atoms with Gasteiger partial charge in [0.25, 0.3) is 5.91 Å². The van der Waals surface area contributed by atoms with Crippen LogP contribution in [0.2, 0.25) is 0 Å². The molecule has 0 saturated carbocycles. The summed E-state index contributed by atoms with van der Waals surface area (Å²) in [6.45, 7) is 4.02. The molecule has 1 aliphatic rings. The number of rotatable bonds is 3. The van der Waals surface area contributed by atoms with E-state index in [0.29, 0.717) is 5.39 Å². The van der Waals surface area contributed by atoms with Crippen molar-refractivity contribution in [1.29, 1.82) is 0 Å². The fourth-order valence-electron chi connectivity index (χ4n) is 3.72. The van der Waals surface area contributed by atoms with Gasteiger partial charge in [-0.1, -0.05) is 46.3 Å². The zero-order chi connectivity index (χ0) is 18.4. The van der Waals surface area contributed by atoms with Crippen molar-refractivity contribution in [3.8, 4) is 0 Å². The summed E-state index contributed by atoms with van der Waals surface area (Å²) in [6.07, 6.45) is 2.58. The number of halogens is 1. The van der Waals surface area contributed by atoms with Crippen LogP contribution in [0.5, 0.6) is 0 Å². The van der Waals surface area contributed by atoms with Crippen molar-refractivity contribution >= 4 is 32.7 Å². The Kier molecular flexibility index (Phi) is 4.19. The molecule has 1 aliphatic heterocycles. The maximum atomic E-state index is 13.0. The van der Waals surface area contributed by atoms with E-state index in [1.165, 1.54) is 0 Å². The number of hydrogen-bond donors (Lipinski definition) is 1. The lowest BCUT2D eigenvalue weighted by Crippen LogP contribution is -2.31. The molecule has 3 aromatic rings. The van der Waals surface area contributed by atoms with E-state index in [1.54, 1.807) is 6.20 Å². The van der Waals surface area contributed by atoms with E-state index in [0.717, 1.165) is 27.5 Å². The summed E-state index contributed by atoms with van der Waals surface area (Å²) in [4.78, 5) is 25.8. The second kappa shape index (κ2) is 6.40. The first-order valence-electron chi connectivity index (χ1n) is 8.69. The van der Waals surface area contributed by atoms with Gasteiger partial charge in [-0.25, -0.2) is 0 Å². The van der Waals surface area contributed by atoms with Gasteiger partial charge in [0.1, 0.15) is 5.56 Å². The van der Waals surface area contributed by atoms with Crippen LogP contribution < -0.4 is 10.7 Å². The van der Waals surface area contributed by atoms with Crippen molar-refractivity contribution in [2.45, 2.75) is 32.4 Å². The molecule has 4 nitrogen and oxygen atoms in total. The molecule has 26 heavy (non-hydrogen) atoms. The topological polar surface area (TPSA) is 51.1 Å². The van der Waals surface area contributed by atoms with Crippen molar-refractivity contribution in [1.82, 2.24) is 9.88 Å². The van der Waals surface area contributed by atoms with Gasteiger partial charge >= 0.3 is 0 Å². The van der Waals surface area contributed by atoms with E-state index in [4.69, 9.17) is 0 Å². The van der Waals surface area contributed by atoms with Crippen molar-refractivity contribution in [3.63, 3.8) is 0 Å². The molecule has 5 heteroatoms. The van der Waals surface area contributed by atoms with Crippen molar-refractivity contribution in [3.05, 3.63) is 80.0 Å². The molecular formula is C21H19BrN2O2. The van der Waals surface area contributed by atoms with Crippen molar-refractivity contribution < 1.29 is 4.79 Å². The Hall–Kier alpha value is -2.40. The van der Waals surface area contributed by atoms with Crippen LogP contribution >= 0.6 is 15.9 Å². The number of pyridine rings is 1. The largest absolute Gasteiger partial charge is 0.345 e. The second-order valence-corrected chi connectivity index (χ2v) is 7.81. The molecule has 0 aliphatic carbocycles. The number of nitrogens with zero attached hydrogens (tertiary/aromatic N) is 1. The number of hydrogen-bond acceptors (Lipinski definition) is 2. The molecule has 1 N–H and O–H groups in total. The first kappa shape index (κ1) is 17.0. The highest BCUT2D eigenvalue weighted by molar-refractivity contribution is 9.10. The fourth-order valence-corrected chi connectivity index (χ4v) is 4.23. The summed E-state index contributed by atoms with van der Waals surface area (Å²) in [7, 11) is 0. The molecule has 0 fully saturated rings. The summed E-state index contributed by atoms with van der Waals surface area (Å²) < 4.78 is 2.92. The molecule has 2 aromatic carbocycles. The highest BCUT2D eigenvalue weighted by Crippen LogP contribution is 2.33. The van der Waals surface area contributed by atoms with Gasteiger partial charge in [0.05, 0.1) is 11.6 Å². The van der Waals surface area contributed by atoms with E-state index in [9.17, 15) is 9.59 Å². The Morgan fingerprint density at radius 3 is 2.73 bits per heavy atom. The molecule has 2 heterocycles. The fraction of sp³-hybridized carbons (Fsp3) is 0.238. The quantitative estimate of drug-likeness (QED) is 0.696. The maximum Gasteiger partial charge on any atom is 0.257 e. The van der Waals surface area contributed by atoms with E-state index < -0.39 is 0 Å². The maximum absolute atomic E-state index is 13.0. The van der Waals surface area contributed by atoms with Crippen LogP contribution in [0, 0.1) is 0 Å². The molecule has 0 spiro atoms. The molecule has 0 saturated heterocycles. The third-order valence-corrected chi connectivity index (χ3v) is 5.51. The Morgan fingerprint density at radius 1 is 1.27 bits per heavy atom. The van der Waals surface area contributed by atoms with Crippen LogP contribution in [0.3, 0.4) is 0 Å². The number of nitrogens with one attached hydrogen (secondary N) is 1. The average Bonchev–Trinajstić information content (AvgIpc) is 2.93. The summed E-state index contributed by atoms with van der Waals surface area (Å²) >= 11 is 3.49. The molecule has 1 aromatic heterocycles. The van der Waals surface area contributed by atoms with Crippen LogP contribution in [-0.4, -0.2) is 10.5 Å². The van der Waals surface area contributed by atoms with Gasteiger partial charge in [-0.05, 0) is 43.5 Å². The molecule has 2 atom stereocenters. The molecule has 132 valence electrons. The predicted molar refractivity (Wildman–Crippen MR) is 107 cm³/mol.